The quantitative estimate of drug-likeness (QED) is 0.912. The summed E-state index contributed by atoms with van der Waals surface area (Å²) in [5.41, 5.74) is 2.86. The van der Waals surface area contributed by atoms with E-state index in [0.717, 1.165) is 38.8 Å². The molecule has 2 amide bonds. The molecule has 130 valence electrons. The second-order valence-electron chi connectivity index (χ2n) is 6.74. The first kappa shape index (κ1) is 17.3. The lowest BCUT2D eigenvalue weighted by molar-refractivity contribution is -0.130. The van der Waals surface area contributed by atoms with E-state index in [1.165, 1.54) is 17.5 Å². The molecule has 1 aromatic rings. The predicted molar refractivity (Wildman–Crippen MR) is 98.0 cm³/mol. The van der Waals surface area contributed by atoms with Gasteiger partial charge in [-0.2, -0.15) is 0 Å². The van der Waals surface area contributed by atoms with Crippen LogP contribution >= 0.6 is 11.8 Å². The molecular formula is C19H26N2O2S. The Morgan fingerprint density at radius 2 is 1.96 bits per heavy atom. The minimum atomic E-state index is 0.129. The van der Waals surface area contributed by atoms with Crippen molar-refractivity contribution >= 4 is 23.6 Å². The summed E-state index contributed by atoms with van der Waals surface area (Å²) in [6, 6.07) is 8.84. The molecule has 4 nitrogen and oxygen atoms in total. The molecule has 0 spiro atoms. The summed E-state index contributed by atoms with van der Waals surface area (Å²) in [5, 5.41) is 3.59. The summed E-state index contributed by atoms with van der Waals surface area (Å²) in [4.78, 5) is 25.5. The third-order valence-electron chi connectivity index (χ3n) is 5.04. The Bertz CT molecular complexity index is 597. The maximum absolute atomic E-state index is 12.3. The van der Waals surface area contributed by atoms with Crippen LogP contribution in [0.3, 0.4) is 0 Å². The number of thioether (sulfide) groups is 1. The zero-order valence-electron chi connectivity index (χ0n) is 14.3. The van der Waals surface area contributed by atoms with E-state index in [1.54, 1.807) is 18.7 Å². The van der Waals surface area contributed by atoms with E-state index < -0.39 is 0 Å². The van der Waals surface area contributed by atoms with Gasteiger partial charge in [-0.15, -0.1) is 11.8 Å². The number of benzene rings is 1. The summed E-state index contributed by atoms with van der Waals surface area (Å²) >= 11 is 1.77. The highest BCUT2D eigenvalue weighted by molar-refractivity contribution is 8.00. The van der Waals surface area contributed by atoms with Crippen molar-refractivity contribution in [2.45, 2.75) is 50.3 Å². The van der Waals surface area contributed by atoms with Gasteiger partial charge in [-0.05, 0) is 43.2 Å². The van der Waals surface area contributed by atoms with Gasteiger partial charge in [0.25, 0.3) is 0 Å². The fourth-order valence-corrected chi connectivity index (χ4v) is 4.85. The van der Waals surface area contributed by atoms with Crippen molar-refractivity contribution < 1.29 is 9.59 Å². The highest BCUT2D eigenvalue weighted by Gasteiger charge is 2.24. The topological polar surface area (TPSA) is 49.4 Å². The van der Waals surface area contributed by atoms with Crippen molar-refractivity contribution in [2.75, 3.05) is 18.8 Å². The molecule has 0 radical (unpaired) electrons. The first-order valence-corrected chi connectivity index (χ1v) is 9.92. The molecule has 0 saturated carbocycles. The van der Waals surface area contributed by atoms with Crippen LogP contribution in [-0.4, -0.2) is 41.6 Å². The van der Waals surface area contributed by atoms with Crippen LogP contribution in [-0.2, 0) is 16.0 Å². The Labute approximate surface area is 148 Å². The molecule has 0 bridgehead atoms. The third-order valence-corrected chi connectivity index (χ3v) is 6.36. The molecule has 24 heavy (non-hydrogen) atoms. The highest BCUT2D eigenvalue weighted by atomic mass is 32.2. The molecule has 1 heterocycles. The van der Waals surface area contributed by atoms with E-state index in [1.807, 2.05) is 4.90 Å². The number of fused-ring (bicyclic) bond motifs is 1. The van der Waals surface area contributed by atoms with E-state index >= 15 is 0 Å². The summed E-state index contributed by atoms with van der Waals surface area (Å²) in [6.07, 6.45) is 5.25. The van der Waals surface area contributed by atoms with Crippen molar-refractivity contribution in [1.29, 1.82) is 0 Å². The molecule has 0 aromatic heterocycles. The van der Waals surface area contributed by atoms with Gasteiger partial charge in [0.05, 0.1) is 5.75 Å². The molecule has 1 N–H and O–H groups in total. The number of hydrogen-bond acceptors (Lipinski definition) is 3. The van der Waals surface area contributed by atoms with Crippen LogP contribution in [0.4, 0.5) is 0 Å². The summed E-state index contributed by atoms with van der Waals surface area (Å²) in [6.45, 7) is 3.12. The van der Waals surface area contributed by atoms with Crippen LogP contribution in [0.5, 0.6) is 0 Å². The van der Waals surface area contributed by atoms with Gasteiger partial charge in [0, 0.05) is 31.3 Å². The molecule has 1 aromatic carbocycles. The third kappa shape index (κ3) is 4.32. The number of likely N-dealkylation sites (tertiary alicyclic amines) is 1. The van der Waals surface area contributed by atoms with Gasteiger partial charge in [0.15, 0.2) is 0 Å². The zero-order chi connectivity index (χ0) is 16.9. The molecule has 1 aliphatic heterocycles. The number of nitrogens with one attached hydrogen (secondary N) is 1. The van der Waals surface area contributed by atoms with Crippen molar-refractivity contribution in [1.82, 2.24) is 10.2 Å². The lowest BCUT2D eigenvalue weighted by Gasteiger charge is -2.32. The minimum Gasteiger partial charge on any atom is -0.353 e. The van der Waals surface area contributed by atoms with Gasteiger partial charge < -0.3 is 10.2 Å². The number of hydrogen-bond donors (Lipinski definition) is 1. The molecule has 2 aliphatic rings. The Kier molecular flexibility index (Phi) is 5.82. The van der Waals surface area contributed by atoms with Crippen LogP contribution in [0.25, 0.3) is 0 Å². The number of amides is 2. The maximum atomic E-state index is 12.3. The monoisotopic (exact) mass is 346 g/mol. The fourth-order valence-electron chi connectivity index (χ4n) is 3.67. The van der Waals surface area contributed by atoms with Crippen LogP contribution in [0, 0.1) is 0 Å². The predicted octanol–water partition coefficient (Wildman–Crippen LogP) is 2.92. The number of piperidine rings is 1. The molecule has 5 heteroatoms. The summed E-state index contributed by atoms with van der Waals surface area (Å²) < 4.78 is 0. The number of carbonyl (C=O) groups is 2. The minimum absolute atomic E-state index is 0.129. The van der Waals surface area contributed by atoms with E-state index in [4.69, 9.17) is 0 Å². The molecule has 3 rings (SSSR count). The Morgan fingerprint density at radius 3 is 2.71 bits per heavy atom. The van der Waals surface area contributed by atoms with Gasteiger partial charge in [-0.3, -0.25) is 9.59 Å². The largest absolute Gasteiger partial charge is 0.353 e. The standard InChI is InChI=1S/C19H26N2O2S/c1-14(22)21-11-9-16(10-12-21)20-19(23)13-24-18-8-4-6-15-5-2-3-7-17(15)18/h2-3,5,7,16,18H,4,6,8-13H2,1H3,(H,20,23). The number of carbonyl (C=O) groups excluding carboxylic acids is 2. The van der Waals surface area contributed by atoms with Crippen LogP contribution < -0.4 is 5.32 Å². The molecule has 1 unspecified atom stereocenters. The first-order valence-electron chi connectivity index (χ1n) is 8.88. The van der Waals surface area contributed by atoms with Crippen molar-refractivity contribution in [3.63, 3.8) is 0 Å². The van der Waals surface area contributed by atoms with Crippen LogP contribution in [0.15, 0.2) is 24.3 Å². The number of aryl methyl sites for hydroxylation is 1. The van der Waals surface area contributed by atoms with E-state index in [9.17, 15) is 9.59 Å². The van der Waals surface area contributed by atoms with Crippen molar-refractivity contribution in [3.8, 4) is 0 Å². The van der Waals surface area contributed by atoms with Crippen LogP contribution in [0.1, 0.15) is 49.0 Å². The Morgan fingerprint density at radius 1 is 1.21 bits per heavy atom. The maximum Gasteiger partial charge on any atom is 0.230 e. The molecule has 1 aliphatic carbocycles. The summed E-state index contributed by atoms with van der Waals surface area (Å²) in [7, 11) is 0. The zero-order valence-corrected chi connectivity index (χ0v) is 15.1. The first-order chi connectivity index (χ1) is 11.6. The lowest BCUT2D eigenvalue weighted by atomic mass is 9.91. The highest BCUT2D eigenvalue weighted by Crippen LogP contribution is 2.39. The van der Waals surface area contributed by atoms with Crippen molar-refractivity contribution in [3.05, 3.63) is 35.4 Å². The van der Waals surface area contributed by atoms with Gasteiger partial charge in [-0.25, -0.2) is 0 Å². The molecule has 1 saturated heterocycles. The van der Waals surface area contributed by atoms with Gasteiger partial charge in [0.1, 0.15) is 0 Å². The normalized spacial score (nSPS) is 21.2. The Balaban J connectivity index is 1.45. The average Bonchev–Trinajstić information content (AvgIpc) is 2.60. The Hall–Kier alpha value is -1.49. The van der Waals surface area contributed by atoms with Gasteiger partial charge in [0.2, 0.25) is 11.8 Å². The molecule has 1 atom stereocenters. The van der Waals surface area contributed by atoms with E-state index in [2.05, 4.69) is 29.6 Å². The molecular weight excluding hydrogens is 320 g/mol. The second kappa shape index (κ2) is 8.06. The fraction of sp³-hybridized carbons (Fsp3) is 0.579. The lowest BCUT2D eigenvalue weighted by Crippen LogP contribution is -2.46. The summed E-state index contributed by atoms with van der Waals surface area (Å²) in [5.74, 6) is 0.780. The van der Waals surface area contributed by atoms with Crippen molar-refractivity contribution in [2.24, 2.45) is 0 Å². The average molecular weight is 346 g/mol. The molecule has 1 fully saturated rings. The SMILES string of the molecule is CC(=O)N1CCC(NC(=O)CSC2CCCc3ccccc32)CC1. The number of nitrogens with zero attached hydrogens (tertiary/aromatic N) is 1. The van der Waals surface area contributed by atoms with Crippen LogP contribution in [0.2, 0.25) is 0 Å². The van der Waals surface area contributed by atoms with E-state index in [-0.39, 0.29) is 17.9 Å². The van der Waals surface area contributed by atoms with Gasteiger partial charge in [-0.1, -0.05) is 24.3 Å². The number of rotatable bonds is 4. The van der Waals surface area contributed by atoms with Gasteiger partial charge >= 0.3 is 0 Å². The van der Waals surface area contributed by atoms with E-state index in [0.29, 0.717) is 11.0 Å². The smallest absolute Gasteiger partial charge is 0.230 e. The second-order valence-corrected chi connectivity index (χ2v) is 7.93.